The molecular formula is C53H61N5O12Si. The Kier molecular flexibility index (Phi) is 15.7. The van der Waals surface area contributed by atoms with Crippen molar-refractivity contribution in [3.05, 3.63) is 187 Å². The molecule has 374 valence electrons. The van der Waals surface area contributed by atoms with Gasteiger partial charge in [-0.25, -0.2) is 9.59 Å². The molecule has 17 nitrogen and oxygen atoms in total. The van der Waals surface area contributed by atoms with Crippen LogP contribution in [0.2, 0.25) is 11.1 Å². The van der Waals surface area contributed by atoms with E-state index in [1.54, 1.807) is 57.5 Å². The Labute approximate surface area is 412 Å². The first-order valence-corrected chi connectivity index (χ1v) is 25.7. The topological polar surface area (TPSA) is 204 Å². The van der Waals surface area contributed by atoms with E-state index in [4.69, 9.17) is 32.5 Å². The molecule has 0 saturated carbocycles. The Bertz CT molecular complexity index is 2870. The second-order valence-corrected chi connectivity index (χ2v) is 22.6. The molecule has 71 heavy (non-hydrogen) atoms. The predicted molar refractivity (Wildman–Crippen MR) is 267 cm³/mol. The van der Waals surface area contributed by atoms with Gasteiger partial charge in [0.2, 0.25) is 0 Å². The minimum Gasteiger partial charge on any atom is -0.497 e. The summed E-state index contributed by atoms with van der Waals surface area (Å²) < 4.78 is 49.1. The number of methoxy groups -OCH3 is 2. The number of aryl methyl sites for hydroxylation is 1. The van der Waals surface area contributed by atoms with Crippen molar-refractivity contribution in [1.29, 1.82) is 0 Å². The number of nitrogens with one attached hydrogen (secondary N) is 2. The molecule has 6 atom stereocenters. The molecule has 8 rings (SSSR count). The molecule has 2 aliphatic rings. The van der Waals surface area contributed by atoms with Crippen molar-refractivity contribution in [1.82, 2.24) is 19.1 Å². The third-order valence-corrected chi connectivity index (χ3v) is 17.9. The highest BCUT2D eigenvalue weighted by Gasteiger charge is 2.54. The van der Waals surface area contributed by atoms with Gasteiger partial charge in [0.15, 0.2) is 0 Å². The molecule has 2 saturated heterocycles. The normalized spacial score (nSPS) is 20.4. The van der Waals surface area contributed by atoms with Gasteiger partial charge in [0.05, 0.1) is 39.6 Å². The number of aliphatic hydroxyl groups is 1. The number of carbonyl (C=O) groups excluding carboxylic acids is 1. The summed E-state index contributed by atoms with van der Waals surface area (Å²) in [6.45, 7) is 9.28. The smallest absolute Gasteiger partial charge is 0.351 e. The van der Waals surface area contributed by atoms with Gasteiger partial charge in [-0.15, -0.1) is 0 Å². The summed E-state index contributed by atoms with van der Waals surface area (Å²) in [5, 5.41) is 13.4. The molecule has 2 aliphatic heterocycles. The zero-order chi connectivity index (χ0) is 50.5. The lowest BCUT2D eigenvalue weighted by Gasteiger charge is -2.43. The molecule has 0 bridgehead atoms. The van der Waals surface area contributed by atoms with Gasteiger partial charge in [-0.3, -0.25) is 23.7 Å². The lowest BCUT2D eigenvalue weighted by Crippen LogP contribution is -2.55. The Morgan fingerprint density at radius 1 is 0.761 bits per heavy atom. The van der Waals surface area contributed by atoms with Crippen LogP contribution in [-0.4, -0.2) is 90.5 Å². The number of nitrogens with zero attached hydrogens (tertiary/aromatic N) is 3. The monoisotopic (exact) mass is 987 g/mol. The van der Waals surface area contributed by atoms with Crippen LogP contribution in [0.25, 0.3) is 0 Å². The summed E-state index contributed by atoms with van der Waals surface area (Å²) in [6.07, 6.45) is -1.49. The number of carbonyl (C=O) groups is 1. The predicted octanol–water partition coefficient (Wildman–Crippen LogP) is 6.98. The van der Waals surface area contributed by atoms with Gasteiger partial charge in [0, 0.05) is 36.4 Å². The Morgan fingerprint density at radius 2 is 1.28 bits per heavy atom. The van der Waals surface area contributed by atoms with E-state index in [0.29, 0.717) is 22.6 Å². The lowest BCUT2D eigenvalue weighted by molar-refractivity contribution is -0.0973. The molecule has 4 heterocycles. The minimum absolute atomic E-state index is 0.0510. The summed E-state index contributed by atoms with van der Waals surface area (Å²) >= 11 is 0. The van der Waals surface area contributed by atoms with E-state index in [1.807, 2.05) is 107 Å². The van der Waals surface area contributed by atoms with Gasteiger partial charge < -0.3 is 43.0 Å². The van der Waals surface area contributed by atoms with E-state index in [9.17, 15) is 24.3 Å². The van der Waals surface area contributed by atoms with Gasteiger partial charge in [0.25, 0.3) is 11.5 Å². The average Bonchev–Trinajstić information content (AvgIpc) is 3.98. The average molecular weight is 988 g/mol. The first-order chi connectivity index (χ1) is 34.2. The number of ether oxygens (including phenoxy) is 5. The molecule has 0 radical (unpaired) electrons. The van der Waals surface area contributed by atoms with Gasteiger partial charge in [0.1, 0.15) is 47.6 Å². The van der Waals surface area contributed by atoms with Crippen molar-refractivity contribution >= 4 is 20.3 Å². The third-order valence-electron chi connectivity index (χ3n) is 13.3. The number of anilines is 1. The molecule has 2 fully saturated rings. The summed E-state index contributed by atoms with van der Waals surface area (Å²) in [5.74, 6) is 0.988. The summed E-state index contributed by atoms with van der Waals surface area (Å²) in [5.41, 5.74) is -0.219. The Hall–Kier alpha value is -6.51. The van der Waals surface area contributed by atoms with E-state index in [2.05, 4.69) is 15.3 Å². The standard InChI is InChI=1S/C53H61N5O12Si/c1-33(2)71(34(3)4,69-42-28-48(67-44(42)31-59)58-30-35(5)49(60)56-52(58)63)70-43-29-47(57-27-26-46(55-51(57)62)54-50(61)36-14-10-8-11-15-36)68-45(43)32-66-53(37-16-12-9-13-17-37,38-18-22-40(64-6)23-19-38)39-20-24-41(65-7)25-21-39/h8-27,30,33-34,42-45,47-48,59H,28-29,31-32H2,1-7H3,(H,56,60,63)(H,54,55,61,62)/t42-,43+,44+,45-,47-,48+/m1/s1. The van der Waals surface area contributed by atoms with E-state index in [1.165, 1.54) is 21.5 Å². The number of benzene rings is 4. The molecule has 2 aromatic heterocycles. The first-order valence-electron chi connectivity index (χ1n) is 23.7. The number of hydrogen-bond donors (Lipinski definition) is 3. The number of amides is 1. The third kappa shape index (κ3) is 10.6. The zero-order valence-corrected chi connectivity index (χ0v) is 41.9. The number of aromatic amines is 1. The number of aliphatic hydroxyl groups excluding tert-OH is 1. The summed E-state index contributed by atoms with van der Waals surface area (Å²) in [4.78, 5) is 58.9. The largest absolute Gasteiger partial charge is 0.497 e. The Balaban J connectivity index is 1.18. The zero-order valence-electron chi connectivity index (χ0n) is 40.9. The molecule has 0 spiro atoms. The fraction of sp³-hybridized carbons (Fsp3) is 0.377. The molecule has 0 aliphatic carbocycles. The van der Waals surface area contributed by atoms with Gasteiger partial charge >= 0.3 is 19.9 Å². The molecule has 4 aromatic carbocycles. The van der Waals surface area contributed by atoms with Crippen molar-refractivity contribution in [2.24, 2.45) is 0 Å². The van der Waals surface area contributed by atoms with Crippen LogP contribution in [0.4, 0.5) is 5.82 Å². The first kappa shape index (κ1) is 50.9. The van der Waals surface area contributed by atoms with Crippen LogP contribution < -0.4 is 31.7 Å². The number of H-pyrrole nitrogens is 1. The maximum atomic E-state index is 14.0. The molecular weight excluding hydrogens is 927 g/mol. The number of hydrogen-bond acceptors (Lipinski definition) is 13. The van der Waals surface area contributed by atoms with Gasteiger partial charge in [-0.1, -0.05) is 100 Å². The highest BCUT2D eigenvalue weighted by Crippen LogP contribution is 2.46. The molecule has 0 unspecified atom stereocenters. The van der Waals surface area contributed by atoms with E-state index < -0.39 is 80.5 Å². The van der Waals surface area contributed by atoms with Crippen LogP contribution in [-0.2, 0) is 28.7 Å². The van der Waals surface area contributed by atoms with Gasteiger partial charge in [-0.05, 0) is 77.2 Å². The highest BCUT2D eigenvalue weighted by atomic mass is 28.4. The fourth-order valence-electron chi connectivity index (χ4n) is 9.58. The summed E-state index contributed by atoms with van der Waals surface area (Å²) in [6, 6.07) is 35.4. The van der Waals surface area contributed by atoms with Crippen LogP contribution >= 0.6 is 0 Å². The van der Waals surface area contributed by atoms with Crippen LogP contribution in [0.1, 0.15) is 85.6 Å². The van der Waals surface area contributed by atoms with Gasteiger partial charge in [-0.2, -0.15) is 4.98 Å². The van der Waals surface area contributed by atoms with Crippen molar-refractivity contribution < 1.29 is 42.4 Å². The van der Waals surface area contributed by atoms with Crippen LogP contribution in [0.15, 0.2) is 142 Å². The molecule has 3 N–H and O–H groups in total. The van der Waals surface area contributed by atoms with Crippen LogP contribution in [0, 0.1) is 6.92 Å². The van der Waals surface area contributed by atoms with Crippen molar-refractivity contribution in [2.45, 2.75) is 101 Å². The maximum absolute atomic E-state index is 14.0. The molecule has 6 aromatic rings. The van der Waals surface area contributed by atoms with E-state index >= 15 is 0 Å². The molecule has 1 amide bonds. The second kappa shape index (κ2) is 21.9. The lowest BCUT2D eigenvalue weighted by atomic mass is 9.80. The van der Waals surface area contributed by atoms with Crippen LogP contribution in [0.5, 0.6) is 11.5 Å². The highest BCUT2D eigenvalue weighted by molar-refractivity contribution is 6.70. The van der Waals surface area contributed by atoms with E-state index in [-0.39, 0.29) is 36.3 Å². The minimum atomic E-state index is -3.49. The van der Waals surface area contributed by atoms with Crippen LogP contribution in [0.3, 0.4) is 0 Å². The Morgan fingerprint density at radius 3 is 1.82 bits per heavy atom. The number of aromatic nitrogens is 4. The second-order valence-electron chi connectivity index (χ2n) is 18.4. The number of rotatable bonds is 19. The van der Waals surface area contributed by atoms with Crippen molar-refractivity contribution in [3.63, 3.8) is 0 Å². The maximum Gasteiger partial charge on any atom is 0.351 e. The molecule has 18 heteroatoms. The quantitative estimate of drug-likeness (QED) is 0.0555. The summed E-state index contributed by atoms with van der Waals surface area (Å²) in [7, 11) is -0.263. The van der Waals surface area contributed by atoms with Crippen molar-refractivity contribution in [2.75, 3.05) is 32.8 Å². The fourth-order valence-corrected chi connectivity index (χ4v) is 13.5. The van der Waals surface area contributed by atoms with Crippen molar-refractivity contribution in [3.8, 4) is 11.5 Å². The van der Waals surface area contributed by atoms with E-state index in [0.717, 1.165) is 16.7 Å². The SMILES string of the molecule is COc1ccc(C(OC[C@H]2O[C@@H](n3ccc(NC(=O)c4ccccc4)nc3=O)C[C@@H]2O[Si](O[C@@H]2C[C@@H](n3cc(C)c(=O)[nH]c3=O)O[C@H]2CO)(C(C)C)C(C)C)(c2ccccc2)c2ccc(OC)cc2)cc1.